The Hall–Kier alpha value is -0.0400. The molecule has 158 valence electrons. The molecule has 0 saturated carbocycles. The third-order valence-electron chi connectivity index (χ3n) is 6.10. The predicted octanol–water partition coefficient (Wildman–Crippen LogP) is 8.79. The Labute approximate surface area is 167 Å². The second-order valence-corrected chi connectivity index (χ2v) is 9.40. The topological polar surface area (TPSA) is 26.0 Å². The van der Waals surface area contributed by atoms with E-state index in [1.807, 2.05) is 0 Å². The highest BCUT2D eigenvalue weighted by atomic mass is 14.7. The lowest BCUT2D eigenvalue weighted by Gasteiger charge is -2.30. The highest BCUT2D eigenvalue weighted by Gasteiger charge is 2.23. The van der Waals surface area contributed by atoms with Crippen LogP contribution in [0.15, 0.2) is 0 Å². The summed E-state index contributed by atoms with van der Waals surface area (Å²) in [5.41, 5.74) is 6.34. The zero-order valence-electron chi connectivity index (χ0n) is 19.1. The molecular formula is C25H53N. The maximum Gasteiger partial charge on any atom is 0.0125 e. The van der Waals surface area contributed by atoms with Gasteiger partial charge < -0.3 is 5.73 Å². The van der Waals surface area contributed by atoms with E-state index in [0.29, 0.717) is 5.92 Å². The summed E-state index contributed by atoms with van der Waals surface area (Å²) < 4.78 is 0. The third-order valence-corrected chi connectivity index (χ3v) is 6.10. The molecule has 1 atom stereocenters. The summed E-state index contributed by atoms with van der Waals surface area (Å²) in [7, 11) is 0. The molecule has 0 heterocycles. The van der Waals surface area contributed by atoms with E-state index in [1.54, 1.807) is 0 Å². The van der Waals surface area contributed by atoms with Gasteiger partial charge in [-0.1, -0.05) is 123 Å². The van der Waals surface area contributed by atoms with Crippen LogP contribution in [0.3, 0.4) is 0 Å². The molecule has 26 heavy (non-hydrogen) atoms. The van der Waals surface area contributed by atoms with E-state index < -0.39 is 0 Å². The highest BCUT2D eigenvalue weighted by molar-refractivity contribution is 4.81. The molecule has 0 aliphatic rings. The minimum atomic E-state index is 0.00547. The first kappa shape index (κ1) is 26.0. The molecule has 0 fully saturated rings. The Morgan fingerprint density at radius 3 is 1.15 bits per heavy atom. The van der Waals surface area contributed by atoms with Gasteiger partial charge in [0.15, 0.2) is 0 Å². The summed E-state index contributed by atoms with van der Waals surface area (Å²) in [6.07, 6.45) is 27.0. The summed E-state index contributed by atoms with van der Waals surface area (Å²) in [6, 6.07) is 0. The SMILES string of the molecule is CCCCCCCCCCCCCCCCCCC(CCC)C(C)(C)N. The summed E-state index contributed by atoms with van der Waals surface area (Å²) in [5.74, 6) is 0.708. The van der Waals surface area contributed by atoms with Crippen LogP contribution in [0.25, 0.3) is 0 Å². The van der Waals surface area contributed by atoms with Crippen molar-refractivity contribution in [2.24, 2.45) is 11.7 Å². The molecule has 0 amide bonds. The van der Waals surface area contributed by atoms with Crippen molar-refractivity contribution >= 4 is 0 Å². The van der Waals surface area contributed by atoms with Crippen molar-refractivity contribution in [1.29, 1.82) is 0 Å². The lowest BCUT2D eigenvalue weighted by atomic mass is 9.81. The van der Waals surface area contributed by atoms with E-state index in [0.717, 1.165) is 0 Å². The molecule has 0 aliphatic carbocycles. The molecule has 0 aliphatic heterocycles. The largest absolute Gasteiger partial charge is 0.325 e. The number of rotatable bonds is 20. The number of nitrogens with two attached hydrogens (primary N) is 1. The van der Waals surface area contributed by atoms with Crippen LogP contribution in [0.1, 0.15) is 150 Å². The fourth-order valence-corrected chi connectivity index (χ4v) is 4.18. The standard InChI is InChI=1S/C25H53N/c1-5-7-8-9-10-11-12-13-14-15-16-17-18-19-20-21-23-24(22-6-2)25(3,4)26/h24H,5-23,26H2,1-4H3. The predicted molar refractivity (Wildman–Crippen MR) is 121 cm³/mol. The van der Waals surface area contributed by atoms with E-state index in [2.05, 4.69) is 27.7 Å². The van der Waals surface area contributed by atoms with Crippen molar-refractivity contribution in [1.82, 2.24) is 0 Å². The Morgan fingerprint density at radius 2 is 0.846 bits per heavy atom. The molecule has 0 bridgehead atoms. The Kier molecular flexibility index (Phi) is 18.3. The van der Waals surface area contributed by atoms with Crippen LogP contribution in [0.4, 0.5) is 0 Å². The minimum Gasteiger partial charge on any atom is -0.325 e. The molecule has 0 spiro atoms. The summed E-state index contributed by atoms with van der Waals surface area (Å²) in [4.78, 5) is 0. The molecule has 1 heteroatoms. The fraction of sp³-hybridized carbons (Fsp3) is 1.00. The molecule has 1 nitrogen and oxygen atoms in total. The fourth-order valence-electron chi connectivity index (χ4n) is 4.18. The van der Waals surface area contributed by atoms with E-state index in [9.17, 15) is 0 Å². The van der Waals surface area contributed by atoms with E-state index in [1.165, 1.54) is 122 Å². The molecule has 2 N–H and O–H groups in total. The first-order valence-corrected chi connectivity index (χ1v) is 12.3. The van der Waals surface area contributed by atoms with Crippen molar-refractivity contribution < 1.29 is 0 Å². The lowest BCUT2D eigenvalue weighted by molar-refractivity contribution is 0.273. The van der Waals surface area contributed by atoms with Gasteiger partial charge in [-0.05, 0) is 32.6 Å². The lowest BCUT2D eigenvalue weighted by Crippen LogP contribution is -2.40. The minimum absolute atomic E-state index is 0.00547. The quantitative estimate of drug-likeness (QED) is 0.214. The van der Waals surface area contributed by atoms with Crippen molar-refractivity contribution in [3.63, 3.8) is 0 Å². The van der Waals surface area contributed by atoms with Crippen LogP contribution in [-0.4, -0.2) is 5.54 Å². The van der Waals surface area contributed by atoms with Crippen LogP contribution < -0.4 is 5.73 Å². The van der Waals surface area contributed by atoms with Gasteiger partial charge in [-0.3, -0.25) is 0 Å². The molecule has 0 aromatic heterocycles. The van der Waals surface area contributed by atoms with Gasteiger partial charge in [0.25, 0.3) is 0 Å². The van der Waals surface area contributed by atoms with E-state index in [-0.39, 0.29) is 5.54 Å². The molecular weight excluding hydrogens is 314 g/mol. The maximum atomic E-state index is 6.33. The van der Waals surface area contributed by atoms with Crippen LogP contribution in [0, 0.1) is 5.92 Å². The van der Waals surface area contributed by atoms with Gasteiger partial charge in [0.05, 0.1) is 0 Å². The Bertz CT molecular complexity index is 266. The second kappa shape index (κ2) is 18.3. The van der Waals surface area contributed by atoms with Crippen molar-refractivity contribution in [2.75, 3.05) is 0 Å². The average molecular weight is 368 g/mol. The number of unbranched alkanes of at least 4 members (excludes halogenated alkanes) is 15. The van der Waals surface area contributed by atoms with Crippen molar-refractivity contribution in [2.45, 2.75) is 155 Å². The van der Waals surface area contributed by atoms with Gasteiger partial charge >= 0.3 is 0 Å². The zero-order chi connectivity index (χ0) is 19.5. The Morgan fingerprint density at radius 1 is 0.500 bits per heavy atom. The smallest absolute Gasteiger partial charge is 0.0125 e. The van der Waals surface area contributed by atoms with Crippen LogP contribution in [0.2, 0.25) is 0 Å². The van der Waals surface area contributed by atoms with Gasteiger partial charge in [0, 0.05) is 5.54 Å². The molecule has 0 saturated heterocycles. The van der Waals surface area contributed by atoms with Gasteiger partial charge in [-0.2, -0.15) is 0 Å². The summed E-state index contributed by atoms with van der Waals surface area (Å²) in [6.45, 7) is 9.00. The summed E-state index contributed by atoms with van der Waals surface area (Å²) >= 11 is 0. The second-order valence-electron chi connectivity index (χ2n) is 9.40. The van der Waals surface area contributed by atoms with Crippen LogP contribution >= 0.6 is 0 Å². The summed E-state index contributed by atoms with van der Waals surface area (Å²) in [5, 5.41) is 0. The van der Waals surface area contributed by atoms with E-state index >= 15 is 0 Å². The van der Waals surface area contributed by atoms with Gasteiger partial charge in [0.1, 0.15) is 0 Å². The first-order chi connectivity index (χ1) is 12.5. The van der Waals surface area contributed by atoms with Crippen molar-refractivity contribution in [3.05, 3.63) is 0 Å². The molecule has 1 unspecified atom stereocenters. The third kappa shape index (κ3) is 17.4. The van der Waals surface area contributed by atoms with Gasteiger partial charge in [-0.25, -0.2) is 0 Å². The van der Waals surface area contributed by atoms with Gasteiger partial charge in [-0.15, -0.1) is 0 Å². The van der Waals surface area contributed by atoms with Gasteiger partial charge in [0.2, 0.25) is 0 Å². The van der Waals surface area contributed by atoms with Crippen LogP contribution in [0.5, 0.6) is 0 Å². The molecule has 0 rings (SSSR count). The Balaban J connectivity index is 3.26. The monoisotopic (exact) mass is 367 g/mol. The maximum absolute atomic E-state index is 6.33. The molecule has 0 aromatic carbocycles. The normalized spacial score (nSPS) is 13.3. The van der Waals surface area contributed by atoms with Crippen LogP contribution in [-0.2, 0) is 0 Å². The average Bonchev–Trinajstić information content (AvgIpc) is 2.59. The molecule has 0 radical (unpaired) electrons. The first-order valence-electron chi connectivity index (χ1n) is 12.3. The van der Waals surface area contributed by atoms with Crippen molar-refractivity contribution in [3.8, 4) is 0 Å². The number of hydrogen-bond donors (Lipinski definition) is 1. The zero-order valence-corrected chi connectivity index (χ0v) is 19.1. The highest BCUT2D eigenvalue weighted by Crippen LogP contribution is 2.25. The van der Waals surface area contributed by atoms with E-state index in [4.69, 9.17) is 5.73 Å². The number of hydrogen-bond acceptors (Lipinski definition) is 1. The molecule has 0 aromatic rings.